The third kappa shape index (κ3) is 3.08. The number of hydrogen-bond acceptors (Lipinski definition) is 4. The van der Waals surface area contributed by atoms with Crippen molar-refractivity contribution in [3.05, 3.63) is 24.4 Å². The number of carboxylic acid groups (broad SMARTS) is 1. The molecule has 0 saturated heterocycles. The maximum atomic E-state index is 10.3. The second-order valence-electron chi connectivity index (χ2n) is 2.42. The maximum Gasteiger partial charge on any atom is 0.324 e. The van der Waals surface area contributed by atoms with E-state index in [4.69, 9.17) is 15.6 Å². The van der Waals surface area contributed by atoms with E-state index in [1.54, 1.807) is 24.4 Å². The van der Waals surface area contributed by atoms with Crippen LogP contribution in [0.1, 0.15) is 0 Å². The molecule has 0 spiro atoms. The van der Waals surface area contributed by atoms with Crippen molar-refractivity contribution in [2.24, 2.45) is 5.73 Å². The van der Waals surface area contributed by atoms with Crippen LogP contribution in [0.4, 0.5) is 0 Å². The molecule has 0 saturated carbocycles. The van der Waals surface area contributed by atoms with Gasteiger partial charge in [0.05, 0.1) is 0 Å². The smallest absolute Gasteiger partial charge is 0.324 e. The van der Waals surface area contributed by atoms with Crippen LogP contribution in [0, 0.1) is 0 Å². The largest absolute Gasteiger partial charge is 0.480 e. The van der Waals surface area contributed by atoms with Crippen LogP contribution in [0.15, 0.2) is 24.4 Å². The molecular formula is C8H10N2O3. The van der Waals surface area contributed by atoms with Gasteiger partial charge in [-0.05, 0) is 6.07 Å². The number of aromatic nitrogens is 1. The standard InChI is InChI=1S/C8H10N2O3/c9-6(8(11)12)5-13-7-3-1-2-4-10-7/h1-4,6H,5,9H2,(H,11,12)/t6-/m0/s1. The van der Waals surface area contributed by atoms with Crippen LogP contribution in [-0.4, -0.2) is 28.7 Å². The second-order valence-corrected chi connectivity index (χ2v) is 2.42. The van der Waals surface area contributed by atoms with Crippen molar-refractivity contribution in [2.45, 2.75) is 6.04 Å². The number of nitrogens with zero attached hydrogens (tertiary/aromatic N) is 1. The number of carboxylic acids is 1. The van der Waals surface area contributed by atoms with Gasteiger partial charge in [-0.3, -0.25) is 4.79 Å². The highest BCUT2D eigenvalue weighted by molar-refractivity contribution is 5.73. The molecule has 5 heteroatoms. The van der Waals surface area contributed by atoms with Gasteiger partial charge in [0.15, 0.2) is 0 Å². The number of ether oxygens (including phenoxy) is 1. The number of carbonyl (C=O) groups is 1. The predicted molar refractivity (Wildman–Crippen MR) is 45.3 cm³/mol. The highest BCUT2D eigenvalue weighted by Crippen LogP contribution is 2.02. The SMILES string of the molecule is N[C@@H](COc1ccccn1)C(=O)O. The van der Waals surface area contributed by atoms with Crippen LogP contribution in [0.3, 0.4) is 0 Å². The minimum absolute atomic E-state index is 0.0770. The third-order valence-corrected chi connectivity index (χ3v) is 1.37. The van der Waals surface area contributed by atoms with Crippen LogP contribution in [-0.2, 0) is 4.79 Å². The fourth-order valence-corrected chi connectivity index (χ4v) is 0.679. The Balaban J connectivity index is 2.39. The van der Waals surface area contributed by atoms with Gasteiger partial charge in [0.2, 0.25) is 5.88 Å². The molecule has 1 heterocycles. The first-order valence-corrected chi connectivity index (χ1v) is 3.72. The van der Waals surface area contributed by atoms with E-state index in [-0.39, 0.29) is 6.61 Å². The Morgan fingerprint density at radius 3 is 3.00 bits per heavy atom. The average Bonchev–Trinajstić information content (AvgIpc) is 2.15. The van der Waals surface area contributed by atoms with Crippen molar-refractivity contribution in [3.63, 3.8) is 0 Å². The van der Waals surface area contributed by atoms with E-state index in [1.165, 1.54) is 0 Å². The molecule has 0 aromatic carbocycles. The summed E-state index contributed by atoms with van der Waals surface area (Å²) in [5, 5.41) is 8.43. The summed E-state index contributed by atoms with van der Waals surface area (Å²) in [4.78, 5) is 14.1. The minimum atomic E-state index is -1.09. The lowest BCUT2D eigenvalue weighted by Gasteiger charge is -2.07. The predicted octanol–water partition coefficient (Wildman–Crippen LogP) is -0.128. The normalized spacial score (nSPS) is 12.1. The topological polar surface area (TPSA) is 85.4 Å². The Morgan fingerprint density at radius 2 is 2.46 bits per heavy atom. The molecule has 13 heavy (non-hydrogen) atoms. The Morgan fingerprint density at radius 1 is 1.69 bits per heavy atom. The molecule has 0 aliphatic rings. The van der Waals surface area contributed by atoms with Gasteiger partial charge in [0, 0.05) is 12.3 Å². The Hall–Kier alpha value is -1.62. The van der Waals surface area contributed by atoms with Gasteiger partial charge in [-0.2, -0.15) is 0 Å². The lowest BCUT2D eigenvalue weighted by Crippen LogP contribution is -2.36. The van der Waals surface area contributed by atoms with Gasteiger partial charge in [0.1, 0.15) is 12.6 Å². The van der Waals surface area contributed by atoms with E-state index in [0.717, 1.165) is 0 Å². The zero-order valence-corrected chi connectivity index (χ0v) is 6.88. The fraction of sp³-hybridized carbons (Fsp3) is 0.250. The van der Waals surface area contributed by atoms with Crippen LogP contribution < -0.4 is 10.5 Å². The summed E-state index contributed by atoms with van der Waals surface area (Å²) in [7, 11) is 0. The van der Waals surface area contributed by atoms with E-state index in [9.17, 15) is 4.79 Å². The lowest BCUT2D eigenvalue weighted by molar-refractivity contribution is -0.139. The summed E-state index contributed by atoms with van der Waals surface area (Å²) in [5.74, 6) is -0.713. The number of pyridine rings is 1. The summed E-state index contributed by atoms with van der Waals surface area (Å²) in [6.45, 7) is -0.0770. The van der Waals surface area contributed by atoms with Crippen LogP contribution >= 0.6 is 0 Å². The highest BCUT2D eigenvalue weighted by Gasteiger charge is 2.11. The lowest BCUT2D eigenvalue weighted by atomic mass is 10.3. The van der Waals surface area contributed by atoms with Crippen molar-refractivity contribution in [2.75, 3.05) is 6.61 Å². The average molecular weight is 182 g/mol. The maximum absolute atomic E-state index is 10.3. The van der Waals surface area contributed by atoms with Crippen molar-refractivity contribution in [3.8, 4) is 5.88 Å². The van der Waals surface area contributed by atoms with Crippen molar-refractivity contribution < 1.29 is 14.6 Å². The van der Waals surface area contributed by atoms with E-state index in [0.29, 0.717) is 5.88 Å². The van der Waals surface area contributed by atoms with Gasteiger partial charge >= 0.3 is 5.97 Å². The summed E-state index contributed by atoms with van der Waals surface area (Å²) < 4.78 is 5.01. The molecule has 1 aromatic heterocycles. The molecule has 0 bridgehead atoms. The molecule has 1 aromatic rings. The monoisotopic (exact) mass is 182 g/mol. The molecule has 0 radical (unpaired) electrons. The first-order chi connectivity index (χ1) is 6.20. The van der Waals surface area contributed by atoms with Crippen molar-refractivity contribution >= 4 is 5.97 Å². The van der Waals surface area contributed by atoms with Crippen LogP contribution in [0.25, 0.3) is 0 Å². The zero-order valence-electron chi connectivity index (χ0n) is 6.88. The number of nitrogens with two attached hydrogens (primary N) is 1. The van der Waals surface area contributed by atoms with Crippen molar-refractivity contribution in [1.29, 1.82) is 0 Å². The summed E-state index contributed by atoms with van der Waals surface area (Å²) in [5.41, 5.74) is 5.21. The molecule has 3 N–H and O–H groups in total. The third-order valence-electron chi connectivity index (χ3n) is 1.37. The molecule has 0 amide bonds. The first kappa shape index (κ1) is 9.47. The van der Waals surface area contributed by atoms with E-state index >= 15 is 0 Å². The Labute approximate surface area is 75.2 Å². The molecule has 0 unspecified atom stereocenters. The highest BCUT2D eigenvalue weighted by atomic mass is 16.5. The molecule has 0 fully saturated rings. The molecule has 1 atom stereocenters. The zero-order chi connectivity index (χ0) is 9.68. The minimum Gasteiger partial charge on any atom is -0.480 e. The molecular weight excluding hydrogens is 172 g/mol. The fourth-order valence-electron chi connectivity index (χ4n) is 0.679. The summed E-state index contributed by atoms with van der Waals surface area (Å²) in [6.07, 6.45) is 1.56. The molecule has 0 aliphatic heterocycles. The van der Waals surface area contributed by atoms with Gasteiger partial charge < -0.3 is 15.6 Å². The van der Waals surface area contributed by atoms with Crippen LogP contribution in [0.2, 0.25) is 0 Å². The van der Waals surface area contributed by atoms with E-state index in [2.05, 4.69) is 4.98 Å². The van der Waals surface area contributed by atoms with Crippen molar-refractivity contribution in [1.82, 2.24) is 4.98 Å². The molecule has 5 nitrogen and oxygen atoms in total. The van der Waals surface area contributed by atoms with Gasteiger partial charge in [-0.1, -0.05) is 6.07 Å². The molecule has 70 valence electrons. The van der Waals surface area contributed by atoms with Gasteiger partial charge in [0.25, 0.3) is 0 Å². The number of hydrogen-bond donors (Lipinski definition) is 2. The first-order valence-electron chi connectivity index (χ1n) is 3.72. The number of aliphatic carboxylic acids is 1. The number of rotatable bonds is 4. The molecule has 0 aliphatic carbocycles. The summed E-state index contributed by atoms with van der Waals surface area (Å²) in [6, 6.07) is 4.11. The van der Waals surface area contributed by atoms with Gasteiger partial charge in [-0.15, -0.1) is 0 Å². The van der Waals surface area contributed by atoms with Gasteiger partial charge in [-0.25, -0.2) is 4.98 Å². The second kappa shape index (κ2) is 4.42. The van der Waals surface area contributed by atoms with E-state index in [1.807, 2.05) is 0 Å². The Kier molecular flexibility index (Phi) is 3.22. The Bertz CT molecular complexity index is 276. The quantitative estimate of drug-likeness (QED) is 0.677. The molecule has 1 rings (SSSR count). The van der Waals surface area contributed by atoms with E-state index < -0.39 is 12.0 Å². The van der Waals surface area contributed by atoms with Crippen LogP contribution in [0.5, 0.6) is 5.88 Å². The summed E-state index contributed by atoms with van der Waals surface area (Å²) >= 11 is 0.